The van der Waals surface area contributed by atoms with E-state index in [9.17, 15) is 9.59 Å². The first-order valence-corrected chi connectivity index (χ1v) is 8.96. The zero-order chi connectivity index (χ0) is 20.0. The Morgan fingerprint density at radius 2 is 1.44 bits per heavy atom. The van der Waals surface area contributed by atoms with Gasteiger partial charge in [-0.05, 0) is 51.1 Å². The van der Waals surface area contributed by atoms with Gasteiger partial charge in [0.25, 0.3) is 11.8 Å². The minimum absolute atomic E-state index is 0.284. The molecule has 144 valence electrons. The largest absolute Gasteiger partial charge is 0.481 e. The summed E-state index contributed by atoms with van der Waals surface area (Å²) in [5.41, 5.74) is 5.69. The first-order valence-electron chi connectivity index (χ1n) is 8.21. The van der Waals surface area contributed by atoms with Gasteiger partial charge < -0.3 is 9.47 Å². The van der Waals surface area contributed by atoms with Crippen molar-refractivity contribution in [2.45, 2.75) is 33.0 Å². The minimum atomic E-state index is -0.891. The topological polar surface area (TPSA) is 76.7 Å². The first kappa shape index (κ1) is 20.9. The molecule has 2 unspecified atom stereocenters. The summed E-state index contributed by atoms with van der Waals surface area (Å²) in [5.74, 6) is -0.174. The molecule has 8 heteroatoms. The molecule has 0 heterocycles. The van der Waals surface area contributed by atoms with Gasteiger partial charge in [0.05, 0.1) is 5.02 Å². The molecule has 0 aliphatic rings. The van der Waals surface area contributed by atoms with Crippen molar-refractivity contribution in [3.05, 3.63) is 58.1 Å². The zero-order valence-corrected chi connectivity index (χ0v) is 16.6. The lowest BCUT2D eigenvalue weighted by molar-refractivity contribution is -0.135. The normalized spacial score (nSPS) is 12.6. The Labute approximate surface area is 167 Å². The molecule has 0 radical (unpaired) electrons. The number of nitrogens with one attached hydrogen (secondary N) is 2. The van der Waals surface area contributed by atoms with Crippen molar-refractivity contribution in [1.82, 2.24) is 10.9 Å². The van der Waals surface area contributed by atoms with Crippen LogP contribution in [0, 0.1) is 6.92 Å². The molecule has 27 heavy (non-hydrogen) atoms. The number of rotatable bonds is 6. The Morgan fingerprint density at radius 3 is 2.00 bits per heavy atom. The third kappa shape index (κ3) is 6.34. The van der Waals surface area contributed by atoms with E-state index < -0.39 is 24.0 Å². The van der Waals surface area contributed by atoms with Gasteiger partial charge in [0.15, 0.2) is 12.2 Å². The summed E-state index contributed by atoms with van der Waals surface area (Å²) in [4.78, 5) is 24.2. The van der Waals surface area contributed by atoms with Crippen molar-refractivity contribution in [2.24, 2.45) is 0 Å². The second kappa shape index (κ2) is 9.48. The van der Waals surface area contributed by atoms with E-state index >= 15 is 0 Å². The summed E-state index contributed by atoms with van der Waals surface area (Å²) in [6.07, 6.45) is -1.69. The Kier molecular flexibility index (Phi) is 7.33. The van der Waals surface area contributed by atoms with E-state index in [4.69, 9.17) is 32.7 Å². The molecule has 2 aromatic carbocycles. The molecule has 0 aromatic heterocycles. The number of carbonyl (C=O) groups is 2. The number of carbonyl (C=O) groups excluding carboxylic acids is 2. The maximum atomic E-state index is 12.1. The minimum Gasteiger partial charge on any atom is -0.481 e. The van der Waals surface area contributed by atoms with Crippen LogP contribution in [0.5, 0.6) is 11.5 Å². The number of halogens is 2. The third-order valence-electron chi connectivity index (χ3n) is 3.58. The Morgan fingerprint density at radius 1 is 0.889 bits per heavy atom. The lowest BCUT2D eigenvalue weighted by Gasteiger charge is -2.18. The first-order chi connectivity index (χ1) is 12.8. The van der Waals surface area contributed by atoms with Gasteiger partial charge in [0, 0.05) is 5.02 Å². The highest BCUT2D eigenvalue weighted by Gasteiger charge is 2.19. The summed E-state index contributed by atoms with van der Waals surface area (Å²) in [5, 5.41) is 0.741. The second-order valence-corrected chi connectivity index (χ2v) is 6.73. The smallest absolute Gasteiger partial charge is 0.279 e. The van der Waals surface area contributed by atoms with Gasteiger partial charge in [-0.1, -0.05) is 40.9 Å². The second-order valence-electron chi connectivity index (χ2n) is 5.89. The van der Waals surface area contributed by atoms with Gasteiger partial charge >= 0.3 is 0 Å². The highest BCUT2D eigenvalue weighted by atomic mass is 35.5. The number of benzene rings is 2. The fourth-order valence-corrected chi connectivity index (χ4v) is 2.47. The third-order valence-corrected chi connectivity index (χ3v) is 4.11. The Hall–Kier alpha value is -2.44. The molecular formula is C19H20Cl2N2O4. The maximum absolute atomic E-state index is 12.1. The number of hydrazine groups is 1. The van der Waals surface area contributed by atoms with Crippen molar-refractivity contribution in [3.8, 4) is 11.5 Å². The van der Waals surface area contributed by atoms with Crippen molar-refractivity contribution in [2.75, 3.05) is 0 Å². The number of ether oxygens (including phenoxy) is 2. The van der Waals surface area contributed by atoms with Crippen molar-refractivity contribution < 1.29 is 19.1 Å². The van der Waals surface area contributed by atoms with Crippen LogP contribution in [0.2, 0.25) is 10.0 Å². The number of aryl methyl sites for hydroxylation is 1. The van der Waals surface area contributed by atoms with Crippen molar-refractivity contribution in [3.63, 3.8) is 0 Å². The van der Waals surface area contributed by atoms with Crippen molar-refractivity contribution >= 4 is 35.0 Å². The summed E-state index contributed by atoms with van der Waals surface area (Å²) in [6, 6.07) is 12.0. The molecule has 0 saturated carbocycles. The van der Waals surface area contributed by atoms with E-state index in [1.807, 2.05) is 19.1 Å². The predicted molar refractivity (Wildman–Crippen MR) is 104 cm³/mol. The van der Waals surface area contributed by atoms with Crippen LogP contribution in [0.3, 0.4) is 0 Å². The zero-order valence-electron chi connectivity index (χ0n) is 15.1. The van der Waals surface area contributed by atoms with Crippen LogP contribution >= 0.6 is 23.2 Å². The lowest BCUT2D eigenvalue weighted by Crippen LogP contribution is -2.50. The Bertz CT molecular complexity index is 812. The molecule has 0 spiro atoms. The lowest BCUT2D eigenvalue weighted by atomic mass is 10.2. The van der Waals surface area contributed by atoms with E-state index in [-0.39, 0.29) is 5.02 Å². The summed E-state index contributed by atoms with van der Waals surface area (Å²) < 4.78 is 11.0. The molecule has 0 bridgehead atoms. The van der Waals surface area contributed by atoms with E-state index in [2.05, 4.69) is 10.9 Å². The fraction of sp³-hybridized carbons (Fsp3) is 0.263. The maximum Gasteiger partial charge on any atom is 0.279 e. The van der Waals surface area contributed by atoms with E-state index in [1.165, 1.54) is 13.0 Å². The molecule has 2 atom stereocenters. The number of hydrogen-bond acceptors (Lipinski definition) is 4. The van der Waals surface area contributed by atoms with Crippen LogP contribution in [-0.4, -0.2) is 24.0 Å². The van der Waals surface area contributed by atoms with Crippen LogP contribution in [0.1, 0.15) is 19.4 Å². The molecule has 0 aliphatic carbocycles. The van der Waals surface area contributed by atoms with Gasteiger partial charge in [0.1, 0.15) is 11.5 Å². The molecule has 2 rings (SSSR count). The molecule has 0 aliphatic heterocycles. The monoisotopic (exact) mass is 410 g/mol. The number of hydrogen-bond donors (Lipinski definition) is 2. The van der Waals surface area contributed by atoms with Crippen LogP contribution in [0.25, 0.3) is 0 Å². The summed E-state index contributed by atoms with van der Waals surface area (Å²) >= 11 is 11.8. The summed E-state index contributed by atoms with van der Waals surface area (Å²) in [7, 11) is 0. The Balaban J connectivity index is 1.82. The quantitative estimate of drug-likeness (QED) is 0.711. The van der Waals surface area contributed by atoms with Gasteiger partial charge in [-0.3, -0.25) is 20.4 Å². The molecule has 2 N–H and O–H groups in total. The molecule has 2 aromatic rings. The van der Waals surface area contributed by atoms with Gasteiger partial charge in [-0.25, -0.2) is 0 Å². The molecule has 0 saturated heterocycles. The van der Waals surface area contributed by atoms with E-state index in [1.54, 1.807) is 31.2 Å². The summed E-state index contributed by atoms with van der Waals surface area (Å²) in [6.45, 7) is 5.06. The highest BCUT2D eigenvalue weighted by Crippen LogP contribution is 2.28. The molecule has 0 fully saturated rings. The number of amides is 2. The average Bonchev–Trinajstić information content (AvgIpc) is 2.63. The standard InChI is InChI=1S/C19H20Cl2N2O4/c1-11-4-7-15(8-5-11)26-12(2)18(24)22-23-19(25)13(3)27-17-9-6-14(20)10-16(17)21/h4-10,12-13H,1-3H3,(H,22,24)(H,23,25). The predicted octanol–water partition coefficient (Wildman–Crippen LogP) is 3.68. The highest BCUT2D eigenvalue weighted by molar-refractivity contribution is 6.35. The molecule has 6 nitrogen and oxygen atoms in total. The van der Waals surface area contributed by atoms with Crippen LogP contribution in [0.15, 0.2) is 42.5 Å². The van der Waals surface area contributed by atoms with E-state index in [0.29, 0.717) is 16.5 Å². The van der Waals surface area contributed by atoms with Crippen LogP contribution in [-0.2, 0) is 9.59 Å². The van der Waals surface area contributed by atoms with E-state index in [0.717, 1.165) is 5.56 Å². The molecular weight excluding hydrogens is 391 g/mol. The van der Waals surface area contributed by atoms with Crippen molar-refractivity contribution in [1.29, 1.82) is 0 Å². The van der Waals surface area contributed by atoms with Gasteiger partial charge in [0.2, 0.25) is 0 Å². The van der Waals surface area contributed by atoms with Crippen LogP contribution in [0.4, 0.5) is 0 Å². The van der Waals surface area contributed by atoms with Gasteiger partial charge in [-0.15, -0.1) is 0 Å². The SMILES string of the molecule is Cc1ccc(OC(C)C(=O)NNC(=O)C(C)Oc2ccc(Cl)cc2Cl)cc1. The fourth-order valence-electron chi connectivity index (χ4n) is 2.02. The average molecular weight is 411 g/mol. The van der Waals surface area contributed by atoms with Gasteiger partial charge in [-0.2, -0.15) is 0 Å². The molecule has 2 amide bonds. The van der Waals surface area contributed by atoms with Crippen LogP contribution < -0.4 is 20.3 Å².